The Bertz CT molecular complexity index is 927. The average Bonchev–Trinajstić information content (AvgIpc) is 3.31. The van der Waals surface area contributed by atoms with Crippen molar-refractivity contribution in [1.29, 1.82) is 0 Å². The van der Waals surface area contributed by atoms with E-state index in [-0.39, 0.29) is 5.60 Å². The van der Waals surface area contributed by atoms with E-state index in [1.807, 2.05) is 32.9 Å². The molecule has 3 rings (SSSR count). The first-order valence-electron chi connectivity index (χ1n) is 11.2. The number of hydrazine groups is 1. The number of ether oxygens (including phenoxy) is 2. The van der Waals surface area contributed by atoms with Crippen LogP contribution in [0.3, 0.4) is 0 Å². The molecule has 0 saturated carbocycles. The second-order valence-electron chi connectivity index (χ2n) is 8.52. The van der Waals surface area contributed by atoms with Gasteiger partial charge in [-0.2, -0.15) is 0 Å². The van der Waals surface area contributed by atoms with E-state index in [4.69, 9.17) is 44.5 Å². The van der Waals surface area contributed by atoms with E-state index in [0.717, 1.165) is 55.9 Å². The first kappa shape index (κ1) is 29.8. The molecule has 2 aromatic rings. The van der Waals surface area contributed by atoms with Crippen molar-refractivity contribution in [3.63, 3.8) is 0 Å². The summed E-state index contributed by atoms with van der Waals surface area (Å²) in [5, 5.41) is 3.21. The van der Waals surface area contributed by atoms with Crippen LogP contribution in [0, 0.1) is 0 Å². The average molecular weight is 514 g/mol. The van der Waals surface area contributed by atoms with Crippen molar-refractivity contribution in [1.82, 2.24) is 4.98 Å². The molecule has 190 valence electrons. The molecule has 4 N–H and O–H groups in total. The van der Waals surface area contributed by atoms with Gasteiger partial charge in [0.2, 0.25) is 0 Å². The first-order valence-corrected chi connectivity index (χ1v) is 11.9. The summed E-state index contributed by atoms with van der Waals surface area (Å²) < 4.78 is 9.24. The minimum atomic E-state index is -0.318. The molecule has 0 spiro atoms. The van der Waals surface area contributed by atoms with Crippen molar-refractivity contribution in [2.24, 2.45) is 11.6 Å². The highest BCUT2D eigenvalue weighted by Gasteiger charge is 2.19. The Morgan fingerprint density at radius 2 is 1.88 bits per heavy atom. The molecule has 1 aromatic heterocycles. The highest BCUT2D eigenvalue weighted by molar-refractivity contribution is 6.45. The molecule has 34 heavy (non-hydrogen) atoms. The molecule has 1 fully saturated rings. The fourth-order valence-corrected chi connectivity index (χ4v) is 3.41. The topological polar surface area (TPSA) is 107 Å². The number of methoxy groups -OCH3 is 1. The number of hydrogen-bond acceptors (Lipinski definition) is 8. The third kappa shape index (κ3) is 9.54. The molecule has 1 saturated heterocycles. The lowest BCUT2D eigenvalue weighted by Crippen LogP contribution is -2.26. The summed E-state index contributed by atoms with van der Waals surface area (Å²) >= 11 is 12.5. The first-order chi connectivity index (χ1) is 16.1. The van der Waals surface area contributed by atoms with Gasteiger partial charge in [0.15, 0.2) is 0 Å². The summed E-state index contributed by atoms with van der Waals surface area (Å²) in [5.74, 6) is 6.92. The lowest BCUT2D eigenvalue weighted by Gasteiger charge is -2.22. The summed E-state index contributed by atoms with van der Waals surface area (Å²) in [6.45, 7) is 10.9. The number of pyridine rings is 1. The molecule has 2 heterocycles. The van der Waals surface area contributed by atoms with Gasteiger partial charge in [-0.1, -0.05) is 30.1 Å². The summed E-state index contributed by atoms with van der Waals surface area (Å²) in [7, 11) is 1.71. The predicted octanol–water partition coefficient (Wildman–Crippen LogP) is 5.25. The number of hydrogen-bond donors (Lipinski definition) is 2. The number of rotatable bonds is 6. The van der Waals surface area contributed by atoms with Gasteiger partial charge >= 0.3 is 0 Å². The molecule has 0 aliphatic carbocycles. The van der Waals surface area contributed by atoms with Crippen LogP contribution < -0.4 is 21.5 Å². The number of carbonyl (C=O) groups excluding carboxylic acids is 1. The van der Waals surface area contributed by atoms with Crippen LogP contribution >= 0.6 is 23.2 Å². The van der Waals surface area contributed by atoms with Gasteiger partial charge in [-0.15, -0.1) is 0 Å². The van der Waals surface area contributed by atoms with Crippen molar-refractivity contribution >= 4 is 52.1 Å². The number of benzene rings is 1. The fraction of sp³-hybridized carbons (Fsp3) is 0.500. The van der Waals surface area contributed by atoms with E-state index in [9.17, 15) is 4.79 Å². The standard InChI is InChI=1S/C15H17Cl2N5.C5H10O2.C4H10O/c16-11-4-3-10-12(22(19)8-5-18)9-13(20-15(10)14(11)17)21-6-1-2-7-21;1-5(2,3)7-4-6;1-3-4-5-2/h3-5,8-9H,1-2,6-7,18-19H2;4H,1-3H3;3-4H2,1-2H3/b8-5-;;. The number of nitrogens with two attached hydrogens (primary N) is 2. The Kier molecular flexibility index (Phi) is 13.0. The van der Waals surface area contributed by atoms with Gasteiger partial charge in [0.05, 0.1) is 21.2 Å². The Labute approximate surface area is 212 Å². The van der Waals surface area contributed by atoms with Gasteiger partial charge in [-0.3, -0.25) is 9.80 Å². The van der Waals surface area contributed by atoms with Crippen LogP contribution in [-0.2, 0) is 14.3 Å². The van der Waals surface area contributed by atoms with E-state index in [1.165, 1.54) is 11.2 Å². The fourth-order valence-electron chi connectivity index (χ4n) is 3.05. The quantitative estimate of drug-likeness (QED) is 0.306. The summed E-state index contributed by atoms with van der Waals surface area (Å²) in [4.78, 5) is 16.5. The van der Waals surface area contributed by atoms with Gasteiger partial charge in [0.25, 0.3) is 6.47 Å². The van der Waals surface area contributed by atoms with Crippen LogP contribution in [0.4, 0.5) is 11.5 Å². The number of fused-ring (bicyclic) bond motifs is 1. The SMILES string of the molecule is CC(C)(C)OC=O.CCCOC.N/C=C\N(N)c1cc(N2CCCC2)nc2c(Cl)c(Cl)ccc12. The zero-order valence-electron chi connectivity index (χ0n) is 20.7. The van der Waals surface area contributed by atoms with Crippen LogP contribution in [0.2, 0.25) is 10.0 Å². The van der Waals surface area contributed by atoms with E-state index in [2.05, 4.69) is 16.6 Å². The molecule has 8 nitrogen and oxygen atoms in total. The normalized spacial score (nSPS) is 13.2. The minimum absolute atomic E-state index is 0.318. The van der Waals surface area contributed by atoms with Gasteiger partial charge in [0.1, 0.15) is 11.4 Å². The Morgan fingerprint density at radius 3 is 2.32 bits per heavy atom. The number of halogens is 2. The zero-order valence-corrected chi connectivity index (χ0v) is 22.2. The molecular weight excluding hydrogens is 477 g/mol. The Morgan fingerprint density at radius 1 is 1.24 bits per heavy atom. The van der Waals surface area contributed by atoms with Gasteiger partial charge in [-0.25, -0.2) is 10.8 Å². The van der Waals surface area contributed by atoms with Gasteiger partial charge in [-0.05, 0) is 52.2 Å². The third-order valence-corrected chi connectivity index (χ3v) is 5.40. The van der Waals surface area contributed by atoms with Crippen LogP contribution in [-0.4, -0.2) is 43.9 Å². The molecule has 1 aliphatic rings. The molecule has 10 heteroatoms. The smallest absolute Gasteiger partial charge is 0.293 e. The van der Waals surface area contributed by atoms with Crippen molar-refractivity contribution in [3.05, 3.63) is 40.6 Å². The summed E-state index contributed by atoms with van der Waals surface area (Å²) in [5.41, 5.74) is 6.56. The molecule has 0 amide bonds. The van der Waals surface area contributed by atoms with Crippen LogP contribution in [0.5, 0.6) is 0 Å². The largest absolute Gasteiger partial charge is 0.462 e. The van der Waals surface area contributed by atoms with Gasteiger partial charge in [0, 0.05) is 50.7 Å². The highest BCUT2D eigenvalue weighted by Crippen LogP contribution is 2.37. The van der Waals surface area contributed by atoms with Gasteiger partial charge < -0.3 is 20.1 Å². The maximum Gasteiger partial charge on any atom is 0.293 e. The summed E-state index contributed by atoms with van der Waals surface area (Å²) in [6.07, 6.45) is 6.42. The maximum atomic E-state index is 9.60. The molecule has 0 bridgehead atoms. The number of carbonyl (C=O) groups is 1. The van der Waals surface area contributed by atoms with E-state index >= 15 is 0 Å². The Hall–Kier alpha value is -2.26. The van der Waals surface area contributed by atoms with Crippen molar-refractivity contribution in [2.75, 3.05) is 36.7 Å². The second-order valence-corrected chi connectivity index (χ2v) is 9.30. The highest BCUT2D eigenvalue weighted by atomic mass is 35.5. The van der Waals surface area contributed by atoms with Crippen molar-refractivity contribution in [2.45, 2.75) is 52.6 Å². The maximum absolute atomic E-state index is 9.60. The lowest BCUT2D eigenvalue weighted by molar-refractivity contribution is -0.138. The molecule has 1 aromatic carbocycles. The molecule has 0 radical (unpaired) electrons. The van der Waals surface area contributed by atoms with E-state index in [0.29, 0.717) is 22.0 Å². The molecular formula is C24H37Cl2N5O3. The van der Waals surface area contributed by atoms with E-state index in [1.54, 1.807) is 19.4 Å². The van der Waals surface area contributed by atoms with Crippen LogP contribution in [0.25, 0.3) is 10.9 Å². The van der Waals surface area contributed by atoms with Crippen molar-refractivity contribution < 1.29 is 14.3 Å². The monoisotopic (exact) mass is 513 g/mol. The third-order valence-electron chi connectivity index (χ3n) is 4.60. The molecule has 0 atom stereocenters. The molecule has 0 unspecified atom stereocenters. The second kappa shape index (κ2) is 14.9. The molecule has 1 aliphatic heterocycles. The number of anilines is 2. The number of aromatic nitrogens is 1. The van der Waals surface area contributed by atoms with E-state index < -0.39 is 0 Å². The van der Waals surface area contributed by atoms with Crippen LogP contribution in [0.1, 0.15) is 47.0 Å². The predicted molar refractivity (Wildman–Crippen MR) is 142 cm³/mol. The lowest BCUT2D eigenvalue weighted by atomic mass is 10.1. The zero-order chi connectivity index (χ0) is 25.7. The van der Waals surface area contributed by atoms with Crippen molar-refractivity contribution in [3.8, 4) is 0 Å². The number of nitrogens with zero attached hydrogens (tertiary/aromatic N) is 3. The minimum Gasteiger partial charge on any atom is -0.462 e. The summed E-state index contributed by atoms with van der Waals surface area (Å²) in [6, 6.07) is 5.56. The Balaban J connectivity index is 0.000000401. The van der Waals surface area contributed by atoms with Crippen LogP contribution in [0.15, 0.2) is 30.6 Å².